The Morgan fingerprint density at radius 3 is 2.39 bits per heavy atom. The Morgan fingerprint density at radius 1 is 1.28 bits per heavy atom. The lowest BCUT2D eigenvalue weighted by Crippen LogP contribution is -2.48. The molecule has 5 nitrogen and oxygen atoms in total. The molecule has 1 rings (SSSR count). The quantitative estimate of drug-likeness (QED) is 0.703. The summed E-state index contributed by atoms with van der Waals surface area (Å²) in [6.45, 7) is 4.52. The Balaban J connectivity index is 2.69. The molecule has 0 fully saturated rings. The van der Waals surface area contributed by atoms with E-state index in [2.05, 4.69) is 5.32 Å². The summed E-state index contributed by atoms with van der Waals surface area (Å²) < 4.78 is 0. The number of nitrogens with one attached hydrogen (secondary N) is 1. The van der Waals surface area contributed by atoms with E-state index in [0.717, 1.165) is 0 Å². The molecule has 0 atom stereocenters. The zero-order chi connectivity index (χ0) is 13.9. The largest absolute Gasteiger partial charge is 0.504 e. The van der Waals surface area contributed by atoms with Crippen LogP contribution in [0.25, 0.3) is 0 Å². The summed E-state index contributed by atoms with van der Waals surface area (Å²) in [6.07, 6.45) is 0. The van der Waals surface area contributed by atoms with Crippen LogP contribution in [0, 0.1) is 0 Å². The van der Waals surface area contributed by atoms with Crippen LogP contribution in [0.5, 0.6) is 11.5 Å². The van der Waals surface area contributed by atoms with Gasteiger partial charge in [0.05, 0.1) is 0 Å². The van der Waals surface area contributed by atoms with Crippen LogP contribution in [0.1, 0.15) is 24.2 Å². The van der Waals surface area contributed by atoms with Gasteiger partial charge in [-0.05, 0) is 46.1 Å². The molecule has 0 spiro atoms. The molecule has 1 amide bonds. The van der Waals surface area contributed by atoms with Gasteiger partial charge in [0.2, 0.25) is 0 Å². The van der Waals surface area contributed by atoms with Gasteiger partial charge in [0.1, 0.15) is 0 Å². The number of hydrogen-bond donors (Lipinski definition) is 3. The fourth-order valence-electron chi connectivity index (χ4n) is 1.22. The first kappa shape index (κ1) is 14.3. The number of rotatable bonds is 4. The molecule has 0 heterocycles. The summed E-state index contributed by atoms with van der Waals surface area (Å²) in [4.78, 5) is 13.9. The van der Waals surface area contributed by atoms with Crippen LogP contribution in [-0.4, -0.2) is 47.2 Å². The summed E-state index contributed by atoms with van der Waals surface area (Å²) in [5.41, 5.74) is 0.161. The summed E-state index contributed by atoms with van der Waals surface area (Å²) in [5.74, 6) is -0.810. The van der Waals surface area contributed by atoms with Crippen LogP contribution in [0.15, 0.2) is 18.2 Å². The van der Waals surface area contributed by atoms with Crippen LogP contribution in [-0.2, 0) is 0 Å². The Morgan fingerprint density at radius 2 is 1.89 bits per heavy atom. The second-order valence-corrected chi connectivity index (χ2v) is 5.09. The van der Waals surface area contributed by atoms with Gasteiger partial charge in [-0.2, -0.15) is 0 Å². The zero-order valence-corrected chi connectivity index (χ0v) is 11.2. The topological polar surface area (TPSA) is 72.8 Å². The molecular weight excluding hydrogens is 232 g/mol. The first-order chi connectivity index (χ1) is 8.24. The fourth-order valence-corrected chi connectivity index (χ4v) is 1.22. The second kappa shape index (κ2) is 5.27. The van der Waals surface area contributed by atoms with Crippen molar-refractivity contribution in [2.45, 2.75) is 19.4 Å². The molecule has 0 aliphatic rings. The molecule has 1 aromatic carbocycles. The smallest absolute Gasteiger partial charge is 0.251 e. The number of likely N-dealkylation sites (N-methyl/N-ethyl adjacent to an activating group) is 1. The van der Waals surface area contributed by atoms with Crippen molar-refractivity contribution >= 4 is 5.91 Å². The summed E-state index contributed by atoms with van der Waals surface area (Å²) >= 11 is 0. The van der Waals surface area contributed by atoms with E-state index in [-0.39, 0.29) is 22.9 Å². The van der Waals surface area contributed by atoms with Gasteiger partial charge in [-0.1, -0.05) is 0 Å². The Kier molecular flexibility index (Phi) is 4.19. The third kappa shape index (κ3) is 3.37. The van der Waals surface area contributed by atoms with Gasteiger partial charge in [0.25, 0.3) is 5.91 Å². The van der Waals surface area contributed by atoms with Crippen LogP contribution in [0.2, 0.25) is 0 Å². The molecule has 100 valence electrons. The molecule has 18 heavy (non-hydrogen) atoms. The highest BCUT2D eigenvalue weighted by Crippen LogP contribution is 2.24. The molecule has 0 unspecified atom stereocenters. The third-order valence-electron chi connectivity index (χ3n) is 3.13. The van der Waals surface area contributed by atoms with Crippen molar-refractivity contribution in [2.24, 2.45) is 0 Å². The number of aromatic hydroxyl groups is 2. The molecule has 5 heteroatoms. The van der Waals surface area contributed by atoms with Crippen molar-refractivity contribution in [3.63, 3.8) is 0 Å². The van der Waals surface area contributed by atoms with Crippen molar-refractivity contribution in [3.05, 3.63) is 23.8 Å². The molecule has 1 aromatic rings. The van der Waals surface area contributed by atoms with Crippen molar-refractivity contribution in [3.8, 4) is 11.5 Å². The lowest BCUT2D eigenvalue weighted by Gasteiger charge is -2.32. The molecule has 0 aliphatic heterocycles. The number of benzene rings is 1. The number of phenols is 2. The highest BCUT2D eigenvalue weighted by molar-refractivity contribution is 5.94. The lowest BCUT2D eigenvalue weighted by atomic mass is 10.0. The second-order valence-electron chi connectivity index (χ2n) is 5.09. The lowest BCUT2D eigenvalue weighted by molar-refractivity contribution is 0.0919. The van der Waals surface area contributed by atoms with E-state index in [1.54, 1.807) is 0 Å². The van der Waals surface area contributed by atoms with Gasteiger partial charge in [-0.3, -0.25) is 4.79 Å². The number of amides is 1. The SMILES string of the molecule is CN(C)C(C)(C)CNC(=O)c1ccc(O)c(O)c1. The number of carbonyl (C=O) groups excluding carboxylic acids is 1. The minimum Gasteiger partial charge on any atom is -0.504 e. The van der Waals surface area contributed by atoms with Crippen molar-refractivity contribution < 1.29 is 15.0 Å². The first-order valence-electron chi connectivity index (χ1n) is 5.71. The maximum Gasteiger partial charge on any atom is 0.251 e. The molecule has 0 aliphatic carbocycles. The zero-order valence-electron chi connectivity index (χ0n) is 11.2. The minimum absolute atomic E-state index is 0.158. The van der Waals surface area contributed by atoms with Gasteiger partial charge in [-0.25, -0.2) is 0 Å². The molecule has 0 bridgehead atoms. The summed E-state index contributed by atoms with van der Waals surface area (Å²) in [7, 11) is 3.89. The van der Waals surface area contributed by atoms with Crippen molar-refractivity contribution in [1.82, 2.24) is 10.2 Å². The van der Waals surface area contributed by atoms with E-state index in [1.807, 2.05) is 32.8 Å². The van der Waals surface area contributed by atoms with Crippen molar-refractivity contribution in [2.75, 3.05) is 20.6 Å². The number of phenolic OH excluding ortho intramolecular Hbond substituents is 2. The molecule has 0 radical (unpaired) electrons. The van der Waals surface area contributed by atoms with E-state index in [0.29, 0.717) is 12.1 Å². The summed E-state index contributed by atoms with van der Waals surface area (Å²) in [5, 5.41) is 21.3. The Labute approximate surface area is 107 Å². The van der Waals surface area contributed by atoms with E-state index >= 15 is 0 Å². The monoisotopic (exact) mass is 252 g/mol. The van der Waals surface area contributed by atoms with Crippen LogP contribution in [0.4, 0.5) is 0 Å². The molecule has 3 N–H and O–H groups in total. The average molecular weight is 252 g/mol. The molecular formula is C13H20N2O3. The Bertz CT molecular complexity index is 442. The normalized spacial score (nSPS) is 11.6. The molecule has 0 saturated heterocycles. The number of hydrogen-bond acceptors (Lipinski definition) is 4. The fraction of sp³-hybridized carbons (Fsp3) is 0.462. The number of carbonyl (C=O) groups is 1. The van der Waals surface area contributed by atoms with Gasteiger partial charge < -0.3 is 20.4 Å². The highest BCUT2D eigenvalue weighted by atomic mass is 16.3. The molecule has 0 aromatic heterocycles. The minimum atomic E-state index is -0.297. The maximum atomic E-state index is 11.9. The maximum absolute atomic E-state index is 11.9. The van der Waals surface area contributed by atoms with E-state index in [9.17, 15) is 9.90 Å². The predicted molar refractivity (Wildman–Crippen MR) is 69.9 cm³/mol. The number of nitrogens with zero attached hydrogens (tertiary/aromatic N) is 1. The van der Waals surface area contributed by atoms with E-state index in [4.69, 9.17) is 5.11 Å². The molecule has 0 saturated carbocycles. The third-order valence-corrected chi connectivity index (χ3v) is 3.13. The van der Waals surface area contributed by atoms with Crippen molar-refractivity contribution in [1.29, 1.82) is 0 Å². The standard InChI is InChI=1S/C13H20N2O3/c1-13(2,15(3)4)8-14-12(18)9-5-6-10(16)11(17)7-9/h5-7,16-17H,8H2,1-4H3,(H,14,18). The average Bonchev–Trinajstić information content (AvgIpc) is 2.29. The highest BCUT2D eigenvalue weighted by Gasteiger charge is 2.21. The summed E-state index contributed by atoms with van der Waals surface area (Å²) in [6, 6.07) is 4.00. The van der Waals surface area contributed by atoms with E-state index in [1.165, 1.54) is 18.2 Å². The Hall–Kier alpha value is -1.75. The first-order valence-corrected chi connectivity index (χ1v) is 5.71. The van der Waals surface area contributed by atoms with Gasteiger partial charge in [0, 0.05) is 17.6 Å². The van der Waals surface area contributed by atoms with Gasteiger partial charge in [0.15, 0.2) is 11.5 Å². The van der Waals surface area contributed by atoms with Crippen LogP contribution >= 0.6 is 0 Å². The van der Waals surface area contributed by atoms with Gasteiger partial charge in [-0.15, -0.1) is 0 Å². The van der Waals surface area contributed by atoms with Crippen LogP contribution < -0.4 is 5.32 Å². The van der Waals surface area contributed by atoms with Gasteiger partial charge >= 0.3 is 0 Å². The van der Waals surface area contributed by atoms with Crippen LogP contribution in [0.3, 0.4) is 0 Å². The van der Waals surface area contributed by atoms with E-state index < -0.39 is 0 Å². The predicted octanol–water partition coefficient (Wildman–Crippen LogP) is 1.17.